The van der Waals surface area contributed by atoms with Crippen molar-refractivity contribution in [1.82, 2.24) is 20.5 Å². The number of ether oxygens (including phenoxy) is 1. The lowest BCUT2D eigenvalue weighted by molar-refractivity contribution is 0.0389. The molecule has 154 valence electrons. The van der Waals surface area contributed by atoms with Crippen molar-refractivity contribution < 1.29 is 9.15 Å². The minimum absolute atomic E-state index is 0.450. The number of morpholine rings is 1. The standard InChI is InChI=1S/C20H31N5O2S/c1-16(2)18-15-28-19(24-18)14-23-20(21-6-5-17-4-3-11-27-17)22-7-8-25-9-12-26-13-10-25/h3-4,11,15-16H,5-10,12-14H2,1-2H3,(H2,21,22,23). The molecule has 0 amide bonds. The van der Waals surface area contributed by atoms with Gasteiger partial charge in [-0.15, -0.1) is 11.3 Å². The largest absolute Gasteiger partial charge is 0.469 e. The Balaban J connectivity index is 1.50. The Kier molecular flexibility index (Phi) is 8.32. The number of rotatable bonds is 9. The SMILES string of the molecule is CC(C)c1csc(CN=C(NCCc2ccco2)NCCN2CCOCC2)n1. The molecule has 2 aromatic heterocycles. The summed E-state index contributed by atoms with van der Waals surface area (Å²) in [5.74, 6) is 2.24. The summed E-state index contributed by atoms with van der Waals surface area (Å²) < 4.78 is 10.8. The summed E-state index contributed by atoms with van der Waals surface area (Å²) >= 11 is 1.68. The fourth-order valence-electron chi connectivity index (χ4n) is 2.90. The predicted octanol–water partition coefficient (Wildman–Crippen LogP) is 2.47. The molecule has 1 saturated heterocycles. The van der Waals surface area contributed by atoms with E-state index in [2.05, 4.69) is 39.7 Å². The molecule has 2 aromatic rings. The van der Waals surface area contributed by atoms with Crippen molar-refractivity contribution in [1.29, 1.82) is 0 Å². The second-order valence-corrected chi connectivity index (χ2v) is 8.07. The molecule has 0 unspecified atom stereocenters. The molecule has 0 bridgehead atoms. The normalized spacial score (nSPS) is 15.9. The van der Waals surface area contributed by atoms with Gasteiger partial charge in [-0.1, -0.05) is 13.8 Å². The molecule has 0 aromatic carbocycles. The van der Waals surface area contributed by atoms with Crippen molar-refractivity contribution in [2.24, 2.45) is 4.99 Å². The molecule has 2 N–H and O–H groups in total. The van der Waals surface area contributed by atoms with Crippen molar-refractivity contribution in [2.75, 3.05) is 45.9 Å². The Bertz CT molecular complexity index is 708. The highest BCUT2D eigenvalue weighted by Gasteiger charge is 2.10. The second-order valence-electron chi connectivity index (χ2n) is 7.12. The number of nitrogens with one attached hydrogen (secondary N) is 2. The number of nitrogens with zero attached hydrogens (tertiary/aromatic N) is 3. The summed E-state index contributed by atoms with van der Waals surface area (Å²) in [6.45, 7) is 11.2. The Labute approximate surface area is 171 Å². The van der Waals surface area contributed by atoms with Gasteiger partial charge in [0.2, 0.25) is 0 Å². The van der Waals surface area contributed by atoms with Crippen molar-refractivity contribution in [3.05, 3.63) is 40.2 Å². The van der Waals surface area contributed by atoms with Gasteiger partial charge in [-0.25, -0.2) is 9.98 Å². The molecule has 0 saturated carbocycles. The first-order chi connectivity index (χ1) is 13.7. The summed E-state index contributed by atoms with van der Waals surface area (Å²) in [5.41, 5.74) is 1.14. The van der Waals surface area contributed by atoms with Crippen molar-refractivity contribution >= 4 is 17.3 Å². The van der Waals surface area contributed by atoms with Gasteiger partial charge in [0, 0.05) is 44.5 Å². The molecule has 0 atom stereocenters. The lowest BCUT2D eigenvalue weighted by atomic mass is 10.2. The average molecular weight is 406 g/mol. The molecule has 3 rings (SSSR count). The van der Waals surface area contributed by atoms with Gasteiger partial charge in [0.15, 0.2) is 5.96 Å². The quantitative estimate of drug-likeness (QED) is 0.493. The summed E-state index contributed by atoms with van der Waals surface area (Å²) in [6, 6.07) is 3.91. The number of furan rings is 1. The topological polar surface area (TPSA) is 74.9 Å². The molecular weight excluding hydrogens is 374 g/mol. The first kappa shape index (κ1) is 20.8. The summed E-state index contributed by atoms with van der Waals surface area (Å²) in [6.07, 6.45) is 2.53. The zero-order valence-electron chi connectivity index (χ0n) is 16.8. The zero-order valence-corrected chi connectivity index (χ0v) is 17.6. The Hall–Kier alpha value is -1.90. The third-order valence-electron chi connectivity index (χ3n) is 4.60. The number of thiazole rings is 1. The Morgan fingerprint density at radius 2 is 2.11 bits per heavy atom. The monoisotopic (exact) mass is 405 g/mol. The fourth-order valence-corrected chi connectivity index (χ4v) is 3.78. The number of aromatic nitrogens is 1. The fraction of sp³-hybridized carbons (Fsp3) is 0.600. The third-order valence-corrected chi connectivity index (χ3v) is 5.45. The summed E-state index contributed by atoms with van der Waals surface area (Å²) in [7, 11) is 0. The highest BCUT2D eigenvalue weighted by molar-refractivity contribution is 7.09. The van der Waals surface area contributed by atoms with Gasteiger partial charge in [-0.05, 0) is 18.1 Å². The van der Waals surface area contributed by atoms with E-state index in [-0.39, 0.29) is 0 Å². The van der Waals surface area contributed by atoms with Crippen LogP contribution in [0.5, 0.6) is 0 Å². The van der Waals surface area contributed by atoms with Gasteiger partial charge in [-0.3, -0.25) is 4.90 Å². The van der Waals surface area contributed by atoms with Crippen molar-refractivity contribution in [3.8, 4) is 0 Å². The maximum absolute atomic E-state index is 5.41. The van der Waals surface area contributed by atoms with Crippen molar-refractivity contribution in [2.45, 2.75) is 32.7 Å². The van der Waals surface area contributed by atoms with Crippen LogP contribution in [0.2, 0.25) is 0 Å². The van der Waals surface area contributed by atoms with Crippen LogP contribution in [0, 0.1) is 0 Å². The molecule has 0 aliphatic carbocycles. The Morgan fingerprint density at radius 1 is 1.29 bits per heavy atom. The number of hydrogen-bond acceptors (Lipinski definition) is 6. The van der Waals surface area contributed by atoms with Crippen LogP contribution >= 0.6 is 11.3 Å². The van der Waals surface area contributed by atoms with Crippen LogP contribution in [-0.4, -0.2) is 61.8 Å². The van der Waals surface area contributed by atoms with Crippen LogP contribution in [0.25, 0.3) is 0 Å². The highest BCUT2D eigenvalue weighted by Crippen LogP contribution is 2.18. The lowest BCUT2D eigenvalue weighted by Gasteiger charge is -2.26. The van der Waals surface area contributed by atoms with Crippen LogP contribution in [0.1, 0.15) is 36.2 Å². The van der Waals surface area contributed by atoms with Crippen LogP contribution in [-0.2, 0) is 17.7 Å². The predicted molar refractivity (Wildman–Crippen MR) is 113 cm³/mol. The minimum Gasteiger partial charge on any atom is -0.469 e. The molecule has 8 heteroatoms. The van der Waals surface area contributed by atoms with Gasteiger partial charge in [0.05, 0.1) is 31.7 Å². The van der Waals surface area contributed by atoms with E-state index >= 15 is 0 Å². The van der Waals surface area contributed by atoms with Crippen molar-refractivity contribution in [3.63, 3.8) is 0 Å². The minimum atomic E-state index is 0.450. The van der Waals surface area contributed by atoms with Gasteiger partial charge < -0.3 is 19.8 Å². The van der Waals surface area contributed by atoms with E-state index < -0.39 is 0 Å². The average Bonchev–Trinajstić information content (AvgIpc) is 3.38. The molecule has 28 heavy (non-hydrogen) atoms. The zero-order chi connectivity index (χ0) is 19.6. The lowest BCUT2D eigenvalue weighted by Crippen LogP contribution is -2.44. The third kappa shape index (κ3) is 6.92. The Morgan fingerprint density at radius 3 is 2.82 bits per heavy atom. The first-order valence-electron chi connectivity index (χ1n) is 9.99. The van der Waals surface area contributed by atoms with E-state index in [1.54, 1.807) is 17.6 Å². The van der Waals surface area contributed by atoms with Gasteiger partial charge in [-0.2, -0.15) is 0 Å². The van der Waals surface area contributed by atoms with Crippen LogP contribution in [0.3, 0.4) is 0 Å². The van der Waals surface area contributed by atoms with E-state index in [0.29, 0.717) is 12.5 Å². The molecule has 1 fully saturated rings. The van der Waals surface area contributed by atoms with E-state index in [9.17, 15) is 0 Å². The van der Waals surface area contributed by atoms with Gasteiger partial charge >= 0.3 is 0 Å². The van der Waals surface area contributed by atoms with Gasteiger partial charge in [0.25, 0.3) is 0 Å². The molecule has 1 aliphatic rings. The van der Waals surface area contributed by atoms with E-state index in [1.807, 2.05) is 12.1 Å². The number of guanidine groups is 1. The van der Waals surface area contributed by atoms with Crippen LogP contribution in [0.4, 0.5) is 0 Å². The number of aliphatic imine (C=N–C) groups is 1. The van der Waals surface area contributed by atoms with Crippen LogP contribution in [0.15, 0.2) is 33.2 Å². The smallest absolute Gasteiger partial charge is 0.191 e. The molecule has 0 spiro atoms. The van der Waals surface area contributed by atoms with E-state index in [0.717, 1.165) is 74.8 Å². The molecule has 3 heterocycles. The van der Waals surface area contributed by atoms with Crippen LogP contribution < -0.4 is 10.6 Å². The summed E-state index contributed by atoms with van der Waals surface area (Å²) in [4.78, 5) is 11.8. The number of hydrogen-bond donors (Lipinski definition) is 2. The van der Waals surface area contributed by atoms with E-state index in [4.69, 9.17) is 14.1 Å². The maximum atomic E-state index is 5.41. The van der Waals surface area contributed by atoms with Gasteiger partial charge in [0.1, 0.15) is 10.8 Å². The van der Waals surface area contributed by atoms with E-state index in [1.165, 1.54) is 0 Å². The molecule has 1 aliphatic heterocycles. The molecule has 0 radical (unpaired) electrons. The maximum Gasteiger partial charge on any atom is 0.191 e. The molecule has 7 nitrogen and oxygen atoms in total. The molecular formula is C20H31N5O2S. The highest BCUT2D eigenvalue weighted by atomic mass is 32.1. The second kappa shape index (κ2) is 11.2. The summed E-state index contributed by atoms with van der Waals surface area (Å²) in [5, 5.41) is 10.0. The first-order valence-corrected chi connectivity index (χ1v) is 10.9.